The Hall–Kier alpha value is -2.47. The molecule has 0 radical (unpaired) electrons. The van der Waals surface area contributed by atoms with Gasteiger partial charge < -0.3 is 14.8 Å². The third kappa shape index (κ3) is 3.89. The summed E-state index contributed by atoms with van der Waals surface area (Å²) in [7, 11) is 0. The molecule has 1 aliphatic rings. The van der Waals surface area contributed by atoms with E-state index in [9.17, 15) is 13.6 Å². The number of para-hydroxylation sites is 1. The largest absolute Gasteiger partial charge is 0.491 e. The Morgan fingerprint density at radius 3 is 2.50 bits per heavy atom. The van der Waals surface area contributed by atoms with Gasteiger partial charge >= 0.3 is 0 Å². The molecule has 4 nitrogen and oxygen atoms in total. The van der Waals surface area contributed by atoms with Gasteiger partial charge in [0.1, 0.15) is 29.7 Å². The van der Waals surface area contributed by atoms with Gasteiger partial charge in [-0.25, -0.2) is 8.78 Å². The summed E-state index contributed by atoms with van der Waals surface area (Å²) in [5.41, 5.74) is -0.177. The van der Waals surface area contributed by atoms with Crippen LogP contribution in [0.4, 0.5) is 14.5 Å². The molecule has 126 valence electrons. The molecule has 6 heteroatoms. The Morgan fingerprint density at radius 1 is 1.17 bits per heavy atom. The first kappa shape index (κ1) is 16.4. The van der Waals surface area contributed by atoms with Crippen molar-refractivity contribution in [2.24, 2.45) is 0 Å². The van der Waals surface area contributed by atoms with Gasteiger partial charge in [-0.05, 0) is 49.2 Å². The first-order valence-corrected chi connectivity index (χ1v) is 7.73. The summed E-state index contributed by atoms with van der Waals surface area (Å²) < 4.78 is 38.2. The van der Waals surface area contributed by atoms with Crippen molar-refractivity contribution in [2.45, 2.75) is 18.9 Å². The number of hydrogen-bond acceptors (Lipinski definition) is 3. The molecule has 1 atom stereocenters. The molecule has 2 aromatic rings. The second-order valence-corrected chi connectivity index (χ2v) is 5.52. The number of rotatable bonds is 5. The molecule has 3 rings (SSSR count). The first-order valence-electron chi connectivity index (χ1n) is 7.73. The molecule has 1 saturated heterocycles. The SMILES string of the molecule is O=C(Nc1c(F)cccc1F)c1ccc(OCC2CCCO2)cc1. The number of carbonyl (C=O) groups is 1. The highest BCUT2D eigenvalue weighted by Gasteiger charge is 2.16. The molecular weight excluding hydrogens is 316 g/mol. The molecule has 0 aliphatic carbocycles. The van der Waals surface area contributed by atoms with Crippen LogP contribution < -0.4 is 10.1 Å². The van der Waals surface area contributed by atoms with E-state index in [0.29, 0.717) is 12.4 Å². The molecular formula is C18H17F2NO3. The van der Waals surface area contributed by atoms with Crippen LogP contribution in [0.5, 0.6) is 5.75 Å². The minimum atomic E-state index is -0.820. The molecule has 0 bridgehead atoms. The van der Waals surface area contributed by atoms with Gasteiger partial charge in [0, 0.05) is 12.2 Å². The van der Waals surface area contributed by atoms with Crippen LogP contribution >= 0.6 is 0 Å². The van der Waals surface area contributed by atoms with E-state index in [0.717, 1.165) is 31.6 Å². The molecule has 24 heavy (non-hydrogen) atoms. The highest BCUT2D eigenvalue weighted by Crippen LogP contribution is 2.20. The molecule has 1 amide bonds. The van der Waals surface area contributed by atoms with Crippen LogP contribution in [-0.2, 0) is 4.74 Å². The third-order valence-corrected chi connectivity index (χ3v) is 3.78. The molecule has 0 saturated carbocycles. The second kappa shape index (κ2) is 7.40. The van der Waals surface area contributed by atoms with E-state index in [2.05, 4.69) is 5.32 Å². The zero-order valence-electron chi connectivity index (χ0n) is 12.9. The van der Waals surface area contributed by atoms with Crippen LogP contribution in [0.15, 0.2) is 42.5 Å². The lowest BCUT2D eigenvalue weighted by molar-refractivity contribution is 0.0679. The zero-order chi connectivity index (χ0) is 16.9. The molecule has 0 aromatic heterocycles. The molecule has 1 N–H and O–H groups in total. The molecule has 1 fully saturated rings. The lowest BCUT2D eigenvalue weighted by Gasteiger charge is -2.12. The summed E-state index contributed by atoms with van der Waals surface area (Å²) in [6.45, 7) is 1.23. The maximum atomic E-state index is 13.6. The Kier molecular flexibility index (Phi) is 5.05. The Morgan fingerprint density at radius 2 is 1.88 bits per heavy atom. The van der Waals surface area contributed by atoms with E-state index in [1.165, 1.54) is 6.07 Å². The van der Waals surface area contributed by atoms with Gasteiger partial charge in [-0.1, -0.05) is 6.07 Å². The first-order chi connectivity index (χ1) is 11.6. The topological polar surface area (TPSA) is 47.6 Å². The molecule has 0 spiro atoms. The Labute approximate surface area is 138 Å². The number of carbonyl (C=O) groups excluding carboxylic acids is 1. The fourth-order valence-electron chi connectivity index (χ4n) is 2.47. The average molecular weight is 333 g/mol. The number of anilines is 1. The number of benzene rings is 2. The predicted molar refractivity (Wildman–Crippen MR) is 85.2 cm³/mol. The summed E-state index contributed by atoms with van der Waals surface area (Å²) in [6, 6.07) is 9.77. The van der Waals surface area contributed by atoms with E-state index in [1.54, 1.807) is 24.3 Å². The summed E-state index contributed by atoms with van der Waals surface area (Å²) in [4.78, 5) is 12.1. The summed E-state index contributed by atoms with van der Waals surface area (Å²) in [6.07, 6.45) is 2.13. The van der Waals surface area contributed by atoms with Crippen molar-refractivity contribution in [3.05, 3.63) is 59.7 Å². The maximum absolute atomic E-state index is 13.6. The van der Waals surface area contributed by atoms with E-state index in [1.807, 2.05) is 0 Å². The number of amides is 1. The van der Waals surface area contributed by atoms with Gasteiger partial charge in [0.2, 0.25) is 0 Å². The van der Waals surface area contributed by atoms with Crippen molar-refractivity contribution in [2.75, 3.05) is 18.5 Å². The normalized spacial score (nSPS) is 16.8. The maximum Gasteiger partial charge on any atom is 0.255 e. The summed E-state index contributed by atoms with van der Waals surface area (Å²) in [5, 5.41) is 2.24. The van der Waals surface area contributed by atoms with E-state index in [4.69, 9.17) is 9.47 Å². The van der Waals surface area contributed by atoms with Gasteiger partial charge in [0.25, 0.3) is 5.91 Å². The van der Waals surface area contributed by atoms with Crippen molar-refractivity contribution < 1.29 is 23.0 Å². The quantitative estimate of drug-likeness (QED) is 0.906. The van der Waals surface area contributed by atoms with Crippen molar-refractivity contribution >= 4 is 11.6 Å². The standard InChI is InChI=1S/C18H17F2NO3/c19-15-4-1-5-16(20)17(15)21-18(22)12-6-8-13(9-7-12)24-11-14-3-2-10-23-14/h1,4-9,14H,2-3,10-11H2,(H,21,22). The van der Waals surface area contributed by atoms with Crippen molar-refractivity contribution in [1.82, 2.24) is 0 Å². The molecule has 1 aliphatic heterocycles. The van der Waals surface area contributed by atoms with Crippen LogP contribution in [0.2, 0.25) is 0 Å². The predicted octanol–water partition coefficient (Wildman–Crippen LogP) is 3.77. The van der Waals surface area contributed by atoms with E-state index < -0.39 is 23.2 Å². The number of halogens is 2. The highest BCUT2D eigenvalue weighted by molar-refractivity contribution is 6.04. The number of nitrogens with one attached hydrogen (secondary N) is 1. The van der Waals surface area contributed by atoms with Crippen molar-refractivity contribution in [3.8, 4) is 5.75 Å². The summed E-state index contributed by atoms with van der Waals surface area (Å²) in [5.74, 6) is -1.62. The fourth-order valence-corrected chi connectivity index (χ4v) is 2.47. The van der Waals surface area contributed by atoms with Gasteiger partial charge in [0.15, 0.2) is 0 Å². The average Bonchev–Trinajstić information content (AvgIpc) is 3.10. The minimum absolute atomic E-state index is 0.108. The van der Waals surface area contributed by atoms with Gasteiger partial charge in [-0.15, -0.1) is 0 Å². The number of ether oxygens (including phenoxy) is 2. The lowest BCUT2D eigenvalue weighted by Crippen LogP contribution is -2.16. The van der Waals surface area contributed by atoms with E-state index >= 15 is 0 Å². The lowest BCUT2D eigenvalue weighted by atomic mass is 10.2. The van der Waals surface area contributed by atoms with Crippen LogP contribution in [0, 0.1) is 11.6 Å². The molecule has 2 aromatic carbocycles. The monoisotopic (exact) mass is 333 g/mol. The van der Waals surface area contributed by atoms with Crippen molar-refractivity contribution in [3.63, 3.8) is 0 Å². The van der Waals surface area contributed by atoms with Gasteiger partial charge in [-0.2, -0.15) is 0 Å². The highest BCUT2D eigenvalue weighted by atomic mass is 19.1. The Bertz CT molecular complexity index is 692. The Balaban J connectivity index is 1.61. The fraction of sp³-hybridized carbons (Fsp3) is 0.278. The van der Waals surface area contributed by atoms with E-state index in [-0.39, 0.29) is 11.7 Å². The summed E-state index contributed by atoms with van der Waals surface area (Å²) >= 11 is 0. The van der Waals surface area contributed by atoms with Crippen LogP contribution in [0.25, 0.3) is 0 Å². The second-order valence-electron chi connectivity index (χ2n) is 5.52. The third-order valence-electron chi connectivity index (χ3n) is 3.78. The van der Waals surface area contributed by atoms with Gasteiger partial charge in [0.05, 0.1) is 6.10 Å². The molecule has 1 unspecified atom stereocenters. The minimum Gasteiger partial charge on any atom is -0.491 e. The van der Waals surface area contributed by atoms with Gasteiger partial charge in [-0.3, -0.25) is 4.79 Å². The molecule has 1 heterocycles. The number of hydrogen-bond donors (Lipinski definition) is 1. The smallest absolute Gasteiger partial charge is 0.255 e. The van der Waals surface area contributed by atoms with Crippen LogP contribution in [0.1, 0.15) is 23.2 Å². The van der Waals surface area contributed by atoms with Crippen LogP contribution in [0.3, 0.4) is 0 Å². The van der Waals surface area contributed by atoms with Crippen LogP contribution in [-0.4, -0.2) is 25.2 Å². The van der Waals surface area contributed by atoms with Crippen molar-refractivity contribution in [1.29, 1.82) is 0 Å². The zero-order valence-corrected chi connectivity index (χ0v) is 12.9.